The Bertz CT molecular complexity index is 2210. The molecule has 2 unspecified atom stereocenters. The lowest BCUT2D eigenvalue weighted by Gasteiger charge is -2.33. The van der Waals surface area contributed by atoms with E-state index in [0.29, 0.717) is 12.5 Å². The van der Waals surface area contributed by atoms with Gasteiger partial charge in [-0.25, -0.2) is 0 Å². The number of ether oxygens (including phenoxy) is 1. The predicted molar refractivity (Wildman–Crippen MR) is 194 cm³/mol. The normalized spacial score (nSPS) is 16.8. The van der Waals surface area contributed by atoms with Crippen molar-refractivity contribution < 1.29 is 4.74 Å². The zero-order valence-corrected chi connectivity index (χ0v) is 25.7. The van der Waals surface area contributed by atoms with Crippen LogP contribution in [0, 0.1) is 0 Å². The van der Waals surface area contributed by atoms with Crippen molar-refractivity contribution in [1.29, 1.82) is 0 Å². The van der Waals surface area contributed by atoms with Gasteiger partial charge >= 0.3 is 0 Å². The molecule has 1 fully saturated rings. The number of hydrogen-bond donors (Lipinski definition) is 0. The molecule has 0 aromatic heterocycles. The number of hydrogen-bond acceptors (Lipinski definition) is 1. The third kappa shape index (κ3) is 4.50. The highest BCUT2D eigenvalue weighted by Gasteiger charge is 2.30. The van der Waals surface area contributed by atoms with Gasteiger partial charge in [-0.3, -0.25) is 0 Å². The molecule has 8 aromatic carbocycles. The van der Waals surface area contributed by atoms with Crippen molar-refractivity contribution in [2.45, 2.75) is 24.9 Å². The smallest absolute Gasteiger partial charge is 0.0837 e. The van der Waals surface area contributed by atoms with E-state index in [2.05, 4.69) is 158 Å². The molecule has 1 nitrogen and oxygen atoms in total. The fraction of sp³-hybridized carbons (Fsp3) is 0.111. The van der Waals surface area contributed by atoms with Gasteiger partial charge in [0.15, 0.2) is 0 Å². The van der Waals surface area contributed by atoms with Crippen LogP contribution in [0.3, 0.4) is 0 Å². The van der Waals surface area contributed by atoms with Crippen molar-refractivity contribution in [1.82, 2.24) is 0 Å². The van der Waals surface area contributed by atoms with Crippen LogP contribution in [0.25, 0.3) is 65.3 Å². The lowest BCUT2D eigenvalue weighted by atomic mass is 9.80. The third-order valence-corrected chi connectivity index (χ3v) is 10.1. The van der Waals surface area contributed by atoms with E-state index in [9.17, 15) is 0 Å². The lowest BCUT2D eigenvalue weighted by Crippen LogP contribution is -2.21. The highest BCUT2D eigenvalue weighted by molar-refractivity contribution is 6.03. The minimum atomic E-state index is 0.0206. The van der Waals surface area contributed by atoms with Crippen LogP contribution in [0.1, 0.15) is 36.0 Å². The standard InChI is InChI=1S/C45H34O/c1-5-17-35-30(11-1)15-9-21-39(35)41-26-23-32-13-3-7-19-37(32)44(41)34-25-28-43(46-29-34)45-38-20-8-4-14-33(38)24-27-42(45)40-22-10-16-31-12-2-6-18-36(31)40/h1-24,26-27,34,43H,25,28-29H2. The Balaban J connectivity index is 1.15. The molecule has 46 heavy (non-hydrogen) atoms. The summed E-state index contributed by atoms with van der Waals surface area (Å²) < 4.78 is 7.04. The maximum absolute atomic E-state index is 7.04. The second kappa shape index (κ2) is 11.3. The van der Waals surface area contributed by atoms with Crippen LogP contribution in [-0.4, -0.2) is 6.61 Å². The summed E-state index contributed by atoms with van der Waals surface area (Å²) >= 11 is 0. The second-order valence-electron chi connectivity index (χ2n) is 12.6. The summed E-state index contributed by atoms with van der Waals surface area (Å²) in [5, 5.41) is 10.3. The maximum Gasteiger partial charge on any atom is 0.0837 e. The van der Waals surface area contributed by atoms with Crippen LogP contribution in [0.4, 0.5) is 0 Å². The number of benzene rings is 8. The molecule has 2 atom stereocenters. The molecular weight excluding hydrogens is 556 g/mol. The van der Waals surface area contributed by atoms with Gasteiger partial charge in [-0.05, 0) is 89.3 Å². The van der Waals surface area contributed by atoms with Gasteiger partial charge in [0.2, 0.25) is 0 Å². The third-order valence-electron chi connectivity index (χ3n) is 10.1. The van der Waals surface area contributed by atoms with Crippen molar-refractivity contribution in [3.63, 3.8) is 0 Å². The van der Waals surface area contributed by atoms with Crippen molar-refractivity contribution in [3.05, 3.63) is 169 Å². The molecule has 1 aliphatic heterocycles. The largest absolute Gasteiger partial charge is 0.373 e. The first-order valence-corrected chi connectivity index (χ1v) is 16.4. The molecular formula is C45H34O. The Hall–Kier alpha value is -5.24. The van der Waals surface area contributed by atoms with Crippen molar-refractivity contribution in [3.8, 4) is 22.3 Å². The first-order valence-electron chi connectivity index (χ1n) is 16.4. The summed E-state index contributed by atoms with van der Waals surface area (Å²) in [7, 11) is 0. The zero-order valence-electron chi connectivity index (χ0n) is 25.7. The van der Waals surface area contributed by atoms with E-state index in [4.69, 9.17) is 4.74 Å². The summed E-state index contributed by atoms with van der Waals surface area (Å²) in [5.41, 5.74) is 7.91. The van der Waals surface area contributed by atoms with Gasteiger partial charge < -0.3 is 4.74 Å². The van der Waals surface area contributed by atoms with E-state index in [1.54, 1.807) is 0 Å². The quantitative estimate of drug-likeness (QED) is 0.198. The van der Waals surface area contributed by atoms with Crippen LogP contribution >= 0.6 is 0 Å². The molecule has 9 rings (SSSR count). The Labute approximate surface area is 269 Å². The maximum atomic E-state index is 7.04. The van der Waals surface area contributed by atoms with E-state index < -0.39 is 0 Å². The lowest BCUT2D eigenvalue weighted by molar-refractivity contribution is 0.00391. The van der Waals surface area contributed by atoms with Gasteiger partial charge in [0, 0.05) is 5.92 Å². The van der Waals surface area contributed by atoms with Crippen LogP contribution < -0.4 is 0 Å². The number of fused-ring (bicyclic) bond motifs is 4. The molecule has 0 spiro atoms. The summed E-state index contributed by atoms with van der Waals surface area (Å²) in [6.45, 7) is 0.689. The van der Waals surface area contributed by atoms with E-state index in [-0.39, 0.29) is 6.10 Å². The average molecular weight is 591 g/mol. The first-order chi connectivity index (χ1) is 22.8. The van der Waals surface area contributed by atoms with Gasteiger partial charge in [-0.1, -0.05) is 158 Å². The van der Waals surface area contributed by atoms with Crippen LogP contribution in [0.15, 0.2) is 158 Å². The van der Waals surface area contributed by atoms with Gasteiger partial charge in [0.25, 0.3) is 0 Å². The summed E-state index contributed by atoms with van der Waals surface area (Å²) in [4.78, 5) is 0. The van der Waals surface area contributed by atoms with E-state index in [1.807, 2.05) is 0 Å². The van der Waals surface area contributed by atoms with Gasteiger partial charge in [-0.15, -0.1) is 0 Å². The molecule has 8 aromatic rings. The first kappa shape index (κ1) is 27.1. The van der Waals surface area contributed by atoms with Gasteiger partial charge in [-0.2, -0.15) is 0 Å². The van der Waals surface area contributed by atoms with E-state index >= 15 is 0 Å². The van der Waals surface area contributed by atoms with Crippen molar-refractivity contribution in [2.24, 2.45) is 0 Å². The monoisotopic (exact) mass is 590 g/mol. The number of rotatable bonds is 4. The SMILES string of the molecule is c1ccc2c(-c3ccc4ccccc4c3C3CCC(c4c(-c5cccc6ccccc56)ccc5ccccc45)OC3)cccc2c1. The topological polar surface area (TPSA) is 9.23 Å². The van der Waals surface area contributed by atoms with Gasteiger partial charge in [0.1, 0.15) is 0 Å². The van der Waals surface area contributed by atoms with Crippen LogP contribution in [0.2, 0.25) is 0 Å². The molecule has 1 saturated heterocycles. The Morgan fingerprint density at radius 1 is 0.348 bits per heavy atom. The van der Waals surface area contributed by atoms with E-state index in [0.717, 1.165) is 12.8 Å². The van der Waals surface area contributed by atoms with Gasteiger partial charge in [0.05, 0.1) is 12.7 Å². The molecule has 0 bridgehead atoms. The molecule has 220 valence electrons. The Morgan fingerprint density at radius 3 is 1.30 bits per heavy atom. The minimum absolute atomic E-state index is 0.0206. The predicted octanol–water partition coefficient (Wildman–Crippen LogP) is 12.3. The Kier molecular flexibility index (Phi) is 6.65. The fourth-order valence-corrected chi connectivity index (χ4v) is 7.98. The molecule has 0 aliphatic carbocycles. The summed E-state index contributed by atoms with van der Waals surface area (Å²) in [6.07, 6.45) is 2.05. The van der Waals surface area contributed by atoms with E-state index in [1.165, 1.54) is 76.5 Å². The summed E-state index contributed by atoms with van der Waals surface area (Å²) in [5.74, 6) is 0.298. The van der Waals surface area contributed by atoms with Crippen molar-refractivity contribution in [2.75, 3.05) is 6.61 Å². The molecule has 0 amide bonds. The highest BCUT2D eigenvalue weighted by Crippen LogP contribution is 2.47. The molecule has 0 radical (unpaired) electrons. The Morgan fingerprint density at radius 2 is 0.783 bits per heavy atom. The second-order valence-corrected chi connectivity index (χ2v) is 12.6. The van der Waals surface area contributed by atoms with Crippen LogP contribution in [0.5, 0.6) is 0 Å². The van der Waals surface area contributed by atoms with Crippen molar-refractivity contribution >= 4 is 43.1 Å². The summed E-state index contributed by atoms with van der Waals surface area (Å²) in [6, 6.07) is 57.7. The molecule has 0 saturated carbocycles. The highest BCUT2D eigenvalue weighted by atomic mass is 16.5. The zero-order chi connectivity index (χ0) is 30.5. The van der Waals surface area contributed by atoms with Crippen LogP contribution in [-0.2, 0) is 4.74 Å². The molecule has 1 aliphatic rings. The fourth-order valence-electron chi connectivity index (χ4n) is 7.98. The molecule has 1 heterocycles. The molecule has 0 N–H and O–H groups in total. The molecule has 1 heteroatoms. The minimum Gasteiger partial charge on any atom is -0.373 e. The average Bonchev–Trinajstić information content (AvgIpc) is 3.13.